The van der Waals surface area contributed by atoms with E-state index < -0.39 is 37.1 Å². The van der Waals surface area contributed by atoms with E-state index >= 15 is 0 Å². The maximum Gasteiger partial charge on any atom is 0.195 e. The Labute approximate surface area is 115 Å². The van der Waals surface area contributed by atoms with Gasteiger partial charge in [-0.2, -0.15) is 0 Å². The summed E-state index contributed by atoms with van der Waals surface area (Å²) >= 11 is 0. The number of ketones is 1. The Morgan fingerprint density at radius 2 is 1.85 bits per heavy atom. The van der Waals surface area contributed by atoms with Crippen LogP contribution in [0.1, 0.15) is 23.0 Å². The average Bonchev–Trinajstić information content (AvgIpc) is 2.87. The number of carbonyl (C=O) groups is 1. The number of hydrogen-bond donors (Lipinski definition) is 4. The molecule has 0 spiro atoms. The lowest BCUT2D eigenvalue weighted by Gasteiger charge is -2.40. The third-order valence-electron chi connectivity index (χ3n) is 3.48. The van der Waals surface area contributed by atoms with Crippen molar-refractivity contribution in [3.05, 3.63) is 23.7 Å². The van der Waals surface area contributed by atoms with Crippen LogP contribution in [0, 0.1) is 0 Å². The Morgan fingerprint density at radius 3 is 2.45 bits per heavy atom. The summed E-state index contributed by atoms with van der Waals surface area (Å²) in [6.07, 6.45) is -4.43. The summed E-state index contributed by atoms with van der Waals surface area (Å²) in [7, 11) is 0. The molecule has 1 saturated heterocycles. The Hall–Kier alpha value is -1.25. The number of aliphatic hydroxyl groups is 4. The maximum absolute atomic E-state index is 11.4. The second-order valence-corrected chi connectivity index (χ2v) is 4.90. The molecular weight excluding hydrogens is 268 g/mol. The van der Waals surface area contributed by atoms with Gasteiger partial charge in [0.05, 0.1) is 19.0 Å². The zero-order valence-electron chi connectivity index (χ0n) is 11.0. The van der Waals surface area contributed by atoms with Gasteiger partial charge in [0.2, 0.25) is 0 Å². The summed E-state index contributed by atoms with van der Waals surface area (Å²) in [5.74, 6) is -0.0865. The number of Topliss-reactive ketones (excluding diaryl/α,β-unsaturated/α-hetero) is 1. The number of carbonyl (C=O) groups excluding carboxylic acids is 1. The first-order valence-corrected chi connectivity index (χ1v) is 6.33. The van der Waals surface area contributed by atoms with Gasteiger partial charge in [-0.25, -0.2) is 0 Å². The van der Waals surface area contributed by atoms with Gasteiger partial charge in [-0.3, -0.25) is 4.79 Å². The minimum Gasteiger partial charge on any atom is -0.461 e. The molecule has 4 unspecified atom stereocenters. The van der Waals surface area contributed by atoms with E-state index in [1.807, 2.05) is 0 Å². The van der Waals surface area contributed by atoms with E-state index in [1.54, 1.807) is 6.07 Å². The van der Waals surface area contributed by atoms with Crippen LogP contribution in [-0.2, 0) is 11.2 Å². The quantitative estimate of drug-likeness (QED) is 0.517. The normalized spacial score (nSPS) is 34.1. The van der Waals surface area contributed by atoms with Crippen LogP contribution in [0.5, 0.6) is 0 Å². The topological polar surface area (TPSA) is 120 Å². The molecule has 4 N–H and O–H groups in total. The van der Waals surface area contributed by atoms with Crippen LogP contribution in [-0.4, -0.2) is 63.3 Å². The van der Waals surface area contributed by atoms with Crippen LogP contribution in [0.15, 0.2) is 16.7 Å². The lowest BCUT2D eigenvalue weighted by molar-refractivity contribution is -0.228. The van der Waals surface area contributed by atoms with Crippen LogP contribution < -0.4 is 0 Å². The average molecular weight is 286 g/mol. The lowest BCUT2D eigenvalue weighted by atomic mass is 9.91. The molecule has 112 valence electrons. The van der Waals surface area contributed by atoms with Gasteiger partial charge in [-0.15, -0.1) is 0 Å². The minimum absolute atomic E-state index is 0.132. The highest BCUT2D eigenvalue weighted by molar-refractivity contribution is 5.92. The Kier molecular flexibility index (Phi) is 4.56. The molecule has 0 saturated carbocycles. The van der Waals surface area contributed by atoms with Gasteiger partial charge in [0.25, 0.3) is 0 Å². The van der Waals surface area contributed by atoms with Crippen molar-refractivity contribution in [1.29, 1.82) is 0 Å². The van der Waals surface area contributed by atoms with Crippen LogP contribution in [0.3, 0.4) is 0 Å². The Bertz CT molecular complexity index is 467. The maximum atomic E-state index is 11.4. The van der Waals surface area contributed by atoms with E-state index in [1.165, 1.54) is 13.2 Å². The van der Waals surface area contributed by atoms with Crippen molar-refractivity contribution in [3.63, 3.8) is 0 Å². The zero-order chi connectivity index (χ0) is 14.9. The molecule has 1 aliphatic rings. The molecule has 1 aromatic heterocycles. The van der Waals surface area contributed by atoms with E-state index in [9.17, 15) is 20.1 Å². The van der Waals surface area contributed by atoms with Crippen molar-refractivity contribution in [2.24, 2.45) is 0 Å². The molecule has 0 aliphatic carbocycles. The number of aliphatic hydroxyl groups excluding tert-OH is 4. The van der Waals surface area contributed by atoms with Crippen molar-refractivity contribution in [2.75, 3.05) is 6.61 Å². The summed E-state index contributed by atoms with van der Waals surface area (Å²) in [5.41, 5.74) is 0.543. The molecule has 5 atom stereocenters. The number of ether oxygens (including phenoxy) is 1. The summed E-state index contributed by atoms with van der Waals surface area (Å²) < 4.78 is 10.4. The van der Waals surface area contributed by atoms with E-state index in [-0.39, 0.29) is 18.0 Å². The number of furan rings is 1. The van der Waals surface area contributed by atoms with Gasteiger partial charge in [0.1, 0.15) is 24.4 Å². The summed E-state index contributed by atoms with van der Waals surface area (Å²) in [5, 5.41) is 38.4. The third kappa shape index (κ3) is 2.77. The second-order valence-electron chi connectivity index (χ2n) is 4.90. The molecule has 7 nitrogen and oxygen atoms in total. The fraction of sp³-hybridized carbons (Fsp3) is 0.615. The van der Waals surface area contributed by atoms with E-state index in [0.29, 0.717) is 5.56 Å². The van der Waals surface area contributed by atoms with Crippen LogP contribution in [0.4, 0.5) is 0 Å². The molecule has 2 heterocycles. The van der Waals surface area contributed by atoms with E-state index in [4.69, 9.17) is 14.3 Å². The largest absolute Gasteiger partial charge is 0.461 e. The highest BCUT2D eigenvalue weighted by Gasteiger charge is 2.43. The van der Waals surface area contributed by atoms with Crippen molar-refractivity contribution < 1.29 is 34.4 Å². The number of hydrogen-bond acceptors (Lipinski definition) is 7. The highest BCUT2D eigenvalue weighted by Crippen LogP contribution is 2.25. The van der Waals surface area contributed by atoms with Gasteiger partial charge in [0.15, 0.2) is 11.5 Å². The molecule has 0 aromatic carbocycles. The molecule has 2 rings (SSSR count). The first-order chi connectivity index (χ1) is 9.45. The Balaban J connectivity index is 2.15. The SMILES string of the molecule is CC(=O)c1occc1C[C@H]1OC(CO)C(O)C(O)C1O. The van der Waals surface area contributed by atoms with E-state index in [0.717, 1.165) is 0 Å². The molecule has 0 radical (unpaired) electrons. The smallest absolute Gasteiger partial charge is 0.195 e. The minimum atomic E-state index is -1.42. The predicted octanol–water partition coefficient (Wildman–Crippen LogP) is -1.13. The summed E-state index contributed by atoms with van der Waals surface area (Å²) in [6, 6.07) is 1.58. The molecule has 20 heavy (non-hydrogen) atoms. The van der Waals surface area contributed by atoms with Gasteiger partial charge < -0.3 is 29.6 Å². The van der Waals surface area contributed by atoms with Crippen molar-refractivity contribution in [3.8, 4) is 0 Å². The van der Waals surface area contributed by atoms with Crippen molar-refractivity contribution in [2.45, 2.75) is 43.9 Å². The molecule has 7 heteroatoms. The summed E-state index contributed by atoms with van der Waals surface area (Å²) in [4.78, 5) is 11.4. The fourth-order valence-corrected chi connectivity index (χ4v) is 2.37. The first kappa shape index (κ1) is 15.1. The van der Waals surface area contributed by atoms with Crippen molar-refractivity contribution >= 4 is 5.78 Å². The fourth-order valence-electron chi connectivity index (χ4n) is 2.37. The number of rotatable bonds is 4. The molecule has 1 aromatic rings. The summed E-state index contributed by atoms with van der Waals surface area (Å²) in [6.45, 7) is 0.877. The molecular formula is C13H18O7. The highest BCUT2D eigenvalue weighted by atomic mass is 16.5. The molecule has 1 fully saturated rings. The second kappa shape index (κ2) is 6.02. The predicted molar refractivity (Wildman–Crippen MR) is 66.2 cm³/mol. The standard InChI is InChI=1S/C13H18O7/c1-6(15)13-7(2-3-19-13)4-8-10(16)12(18)11(17)9(5-14)20-8/h2-3,8-12,14,16-18H,4-5H2,1H3/t8-,9?,10?,11?,12?/m1/s1. The van der Waals surface area contributed by atoms with Crippen LogP contribution in [0.2, 0.25) is 0 Å². The van der Waals surface area contributed by atoms with E-state index in [2.05, 4.69) is 0 Å². The van der Waals surface area contributed by atoms with Gasteiger partial charge in [-0.1, -0.05) is 0 Å². The van der Waals surface area contributed by atoms with Crippen LogP contribution >= 0.6 is 0 Å². The lowest BCUT2D eigenvalue weighted by Crippen LogP contribution is -2.59. The molecule has 0 bridgehead atoms. The van der Waals surface area contributed by atoms with Gasteiger partial charge in [0, 0.05) is 18.9 Å². The first-order valence-electron chi connectivity index (χ1n) is 6.33. The zero-order valence-corrected chi connectivity index (χ0v) is 11.0. The monoisotopic (exact) mass is 286 g/mol. The van der Waals surface area contributed by atoms with Crippen LogP contribution in [0.25, 0.3) is 0 Å². The van der Waals surface area contributed by atoms with Gasteiger partial charge >= 0.3 is 0 Å². The van der Waals surface area contributed by atoms with Crippen molar-refractivity contribution in [1.82, 2.24) is 0 Å². The molecule has 0 amide bonds. The Morgan fingerprint density at radius 1 is 1.20 bits per heavy atom. The van der Waals surface area contributed by atoms with Gasteiger partial charge in [-0.05, 0) is 6.07 Å². The third-order valence-corrected chi connectivity index (χ3v) is 3.48. The molecule has 1 aliphatic heterocycles.